The molecular weight excluding hydrogens is 228 g/mol. The van der Waals surface area contributed by atoms with Crippen LogP contribution in [0.3, 0.4) is 0 Å². The van der Waals surface area contributed by atoms with Crippen LogP contribution >= 0.6 is 0 Å². The summed E-state index contributed by atoms with van der Waals surface area (Å²) >= 11 is 0. The molecule has 1 saturated heterocycles. The van der Waals surface area contributed by atoms with Crippen molar-refractivity contribution in [3.05, 3.63) is 28.7 Å². The van der Waals surface area contributed by atoms with E-state index in [0.29, 0.717) is 5.69 Å². The number of nitrogen functional groups attached to an aromatic ring is 1. The van der Waals surface area contributed by atoms with Crippen molar-refractivity contribution in [3.63, 3.8) is 0 Å². The fraction of sp³-hybridized carbons (Fsp3) is 0.643. The fourth-order valence-electron chi connectivity index (χ4n) is 3.30. The maximum Gasteiger partial charge on any atom is 0.204 e. The number of nitrogens with zero attached hydrogens (tertiary/aromatic N) is 1. The number of nitrogens with two attached hydrogens (primary N) is 1. The van der Waals surface area contributed by atoms with E-state index in [0.717, 1.165) is 13.0 Å². The van der Waals surface area contributed by atoms with Crippen molar-refractivity contribution < 1.29 is 4.74 Å². The van der Waals surface area contributed by atoms with Gasteiger partial charge < -0.3 is 15.0 Å². The maximum absolute atomic E-state index is 11.2. The lowest BCUT2D eigenvalue weighted by Crippen LogP contribution is -2.26. The number of hydrogen-bond donors (Lipinski definition) is 1. The van der Waals surface area contributed by atoms with Crippen LogP contribution in [-0.4, -0.2) is 16.3 Å². The van der Waals surface area contributed by atoms with Gasteiger partial charge in [0.15, 0.2) is 0 Å². The Hall–Kier alpha value is -1.29. The molecule has 18 heavy (non-hydrogen) atoms. The number of anilines is 1. The van der Waals surface area contributed by atoms with Crippen LogP contribution in [0.5, 0.6) is 0 Å². The smallest absolute Gasteiger partial charge is 0.204 e. The first-order valence-corrected chi connectivity index (χ1v) is 6.80. The number of pyridine rings is 1. The Bertz CT molecular complexity index is 489. The standard InChI is InChI=1S/C14H20N2O2/c15-12-10-16(8-4-13(12)17)9-11-3-7-14(18-11)5-1-2-6-14/h4,8,10-11H,1-3,5-7,9,15H2. The van der Waals surface area contributed by atoms with Gasteiger partial charge in [0.1, 0.15) is 0 Å². The van der Waals surface area contributed by atoms with E-state index < -0.39 is 0 Å². The second kappa shape index (κ2) is 4.43. The van der Waals surface area contributed by atoms with Gasteiger partial charge in [-0.05, 0) is 25.7 Å². The second-order valence-corrected chi connectivity index (χ2v) is 5.63. The Labute approximate surface area is 107 Å². The van der Waals surface area contributed by atoms with E-state index in [1.807, 2.05) is 4.57 Å². The summed E-state index contributed by atoms with van der Waals surface area (Å²) in [5.74, 6) is 0. The molecule has 4 nitrogen and oxygen atoms in total. The summed E-state index contributed by atoms with van der Waals surface area (Å²) in [4.78, 5) is 11.2. The van der Waals surface area contributed by atoms with Crippen LogP contribution in [0.4, 0.5) is 5.69 Å². The van der Waals surface area contributed by atoms with Gasteiger partial charge in [-0.1, -0.05) is 12.8 Å². The lowest BCUT2D eigenvalue weighted by atomic mass is 9.98. The molecule has 1 saturated carbocycles. The van der Waals surface area contributed by atoms with Gasteiger partial charge in [0.25, 0.3) is 0 Å². The number of aromatic nitrogens is 1. The number of ether oxygens (including phenoxy) is 1. The van der Waals surface area contributed by atoms with Gasteiger partial charge in [-0.15, -0.1) is 0 Å². The van der Waals surface area contributed by atoms with Gasteiger partial charge in [-0.25, -0.2) is 0 Å². The molecule has 1 atom stereocenters. The Kier molecular flexibility index (Phi) is 2.90. The third kappa shape index (κ3) is 2.17. The van der Waals surface area contributed by atoms with Crippen LogP contribution in [0.2, 0.25) is 0 Å². The number of rotatable bonds is 2. The summed E-state index contributed by atoms with van der Waals surface area (Å²) in [6, 6.07) is 1.52. The molecule has 0 bridgehead atoms. The molecule has 1 aliphatic heterocycles. The van der Waals surface area contributed by atoms with Gasteiger partial charge in [-0.3, -0.25) is 4.79 Å². The molecular formula is C14H20N2O2. The molecule has 2 heterocycles. The van der Waals surface area contributed by atoms with E-state index in [1.54, 1.807) is 12.4 Å². The van der Waals surface area contributed by atoms with Gasteiger partial charge in [0.2, 0.25) is 5.43 Å². The highest BCUT2D eigenvalue weighted by Gasteiger charge is 2.41. The third-order valence-corrected chi connectivity index (χ3v) is 4.27. The normalized spacial score (nSPS) is 25.9. The minimum Gasteiger partial charge on any atom is -0.394 e. The van der Waals surface area contributed by atoms with Crippen molar-refractivity contribution in [3.8, 4) is 0 Å². The Morgan fingerprint density at radius 1 is 1.39 bits per heavy atom. The van der Waals surface area contributed by atoms with Crippen LogP contribution in [0, 0.1) is 0 Å². The van der Waals surface area contributed by atoms with Crippen molar-refractivity contribution in [1.29, 1.82) is 0 Å². The molecule has 4 heteroatoms. The van der Waals surface area contributed by atoms with Crippen molar-refractivity contribution in [1.82, 2.24) is 4.57 Å². The minimum absolute atomic E-state index is 0.106. The highest BCUT2D eigenvalue weighted by atomic mass is 16.5. The molecule has 3 rings (SSSR count). The average Bonchev–Trinajstić information content (AvgIpc) is 2.96. The zero-order valence-corrected chi connectivity index (χ0v) is 10.6. The zero-order chi connectivity index (χ0) is 12.6. The molecule has 2 N–H and O–H groups in total. The van der Waals surface area contributed by atoms with Crippen LogP contribution in [0.25, 0.3) is 0 Å². The summed E-state index contributed by atoms with van der Waals surface area (Å²) in [7, 11) is 0. The molecule has 1 spiro atoms. The van der Waals surface area contributed by atoms with E-state index >= 15 is 0 Å². The Morgan fingerprint density at radius 3 is 2.89 bits per heavy atom. The minimum atomic E-state index is -0.106. The van der Waals surface area contributed by atoms with E-state index in [9.17, 15) is 4.79 Å². The molecule has 1 unspecified atom stereocenters. The summed E-state index contributed by atoms with van der Waals surface area (Å²) in [5.41, 5.74) is 6.02. The molecule has 0 aromatic carbocycles. The van der Waals surface area contributed by atoms with Crippen LogP contribution < -0.4 is 11.2 Å². The van der Waals surface area contributed by atoms with Gasteiger partial charge in [0.05, 0.1) is 17.4 Å². The molecule has 0 amide bonds. The van der Waals surface area contributed by atoms with E-state index in [1.165, 1.54) is 38.2 Å². The van der Waals surface area contributed by atoms with Crippen molar-refractivity contribution in [2.45, 2.75) is 56.8 Å². The first-order chi connectivity index (χ1) is 8.67. The second-order valence-electron chi connectivity index (χ2n) is 5.63. The van der Waals surface area contributed by atoms with Crippen LogP contribution in [-0.2, 0) is 11.3 Å². The monoisotopic (exact) mass is 248 g/mol. The summed E-state index contributed by atoms with van der Waals surface area (Å²) in [5, 5.41) is 0. The van der Waals surface area contributed by atoms with Gasteiger partial charge in [0, 0.05) is 25.0 Å². The highest BCUT2D eigenvalue weighted by molar-refractivity contribution is 5.33. The SMILES string of the molecule is Nc1cn(CC2CCC3(CCCC3)O2)ccc1=O. The summed E-state index contributed by atoms with van der Waals surface area (Å²) in [6.07, 6.45) is 11.1. The molecule has 0 radical (unpaired) electrons. The van der Waals surface area contributed by atoms with Crippen LogP contribution in [0.15, 0.2) is 23.3 Å². The van der Waals surface area contributed by atoms with E-state index in [2.05, 4.69) is 0 Å². The molecule has 1 aromatic rings. The zero-order valence-electron chi connectivity index (χ0n) is 10.6. The van der Waals surface area contributed by atoms with E-state index in [-0.39, 0.29) is 17.1 Å². The fourth-order valence-corrected chi connectivity index (χ4v) is 3.30. The molecule has 2 fully saturated rings. The lowest BCUT2D eigenvalue weighted by molar-refractivity contribution is -0.0418. The predicted molar refractivity (Wildman–Crippen MR) is 70.4 cm³/mol. The quantitative estimate of drug-likeness (QED) is 0.870. The Morgan fingerprint density at radius 2 is 2.17 bits per heavy atom. The number of hydrogen-bond acceptors (Lipinski definition) is 3. The van der Waals surface area contributed by atoms with Crippen molar-refractivity contribution in [2.24, 2.45) is 0 Å². The van der Waals surface area contributed by atoms with Gasteiger partial charge >= 0.3 is 0 Å². The maximum atomic E-state index is 11.2. The summed E-state index contributed by atoms with van der Waals surface area (Å²) in [6.45, 7) is 0.798. The lowest BCUT2D eigenvalue weighted by Gasteiger charge is -2.24. The first-order valence-electron chi connectivity index (χ1n) is 6.80. The Balaban J connectivity index is 1.67. The summed E-state index contributed by atoms with van der Waals surface area (Å²) < 4.78 is 8.21. The molecule has 2 aliphatic rings. The van der Waals surface area contributed by atoms with E-state index in [4.69, 9.17) is 10.5 Å². The third-order valence-electron chi connectivity index (χ3n) is 4.27. The highest BCUT2D eigenvalue weighted by Crippen LogP contribution is 2.43. The first kappa shape index (κ1) is 11.8. The topological polar surface area (TPSA) is 57.2 Å². The van der Waals surface area contributed by atoms with Gasteiger partial charge in [-0.2, -0.15) is 0 Å². The molecule has 1 aromatic heterocycles. The average molecular weight is 248 g/mol. The van der Waals surface area contributed by atoms with Crippen LogP contribution in [0.1, 0.15) is 38.5 Å². The van der Waals surface area contributed by atoms with Crippen molar-refractivity contribution in [2.75, 3.05) is 5.73 Å². The molecule has 98 valence electrons. The van der Waals surface area contributed by atoms with Crippen molar-refractivity contribution >= 4 is 5.69 Å². The molecule has 1 aliphatic carbocycles. The largest absolute Gasteiger partial charge is 0.394 e. The predicted octanol–water partition coefficient (Wildman–Crippen LogP) is 1.92.